The van der Waals surface area contributed by atoms with Crippen LogP contribution in [0.4, 0.5) is 5.69 Å². The maximum Gasteiger partial charge on any atom is 0.312 e. The van der Waals surface area contributed by atoms with Crippen molar-refractivity contribution in [3.8, 4) is 0 Å². The van der Waals surface area contributed by atoms with Crippen LogP contribution in [0.25, 0.3) is 0 Å². The predicted octanol–water partition coefficient (Wildman–Crippen LogP) is 1.15. The zero-order valence-electron chi connectivity index (χ0n) is 13.8. The van der Waals surface area contributed by atoms with Gasteiger partial charge < -0.3 is 10.2 Å². The number of piperidine rings is 1. The molecule has 1 aromatic heterocycles. The second kappa shape index (κ2) is 5.92. The fourth-order valence-electron chi connectivity index (χ4n) is 4.04. The third-order valence-corrected chi connectivity index (χ3v) is 5.28. The van der Waals surface area contributed by atoms with Gasteiger partial charge in [0.1, 0.15) is 17.9 Å². The number of rotatable bonds is 4. The molecule has 2 fully saturated rings. The zero-order chi connectivity index (χ0) is 16.7. The minimum absolute atomic E-state index is 0.00450. The molecule has 1 amide bonds. The molecule has 8 nitrogen and oxygen atoms in total. The van der Waals surface area contributed by atoms with Gasteiger partial charge in [-0.3, -0.25) is 19.6 Å². The SMILES string of the molecule is Cc1nn(CC(=O)NC2CC3CCC(C2)N3C)c(C)c1[N+](=O)[O-]. The predicted molar refractivity (Wildman–Crippen MR) is 84.1 cm³/mol. The van der Waals surface area contributed by atoms with Gasteiger partial charge in [-0.1, -0.05) is 0 Å². The molecular formula is C15H23N5O3. The quantitative estimate of drug-likeness (QED) is 0.663. The molecule has 2 aliphatic heterocycles. The molecule has 8 heteroatoms. The standard InChI is InChI=1S/C15H23N5O3/c1-9-15(20(22)23)10(2)19(17-9)8-14(21)16-11-6-12-4-5-13(7-11)18(12)3/h11-13H,4-8H2,1-3H3,(H,16,21). The number of nitro groups is 1. The molecule has 2 aliphatic rings. The first-order valence-corrected chi connectivity index (χ1v) is 8.06. The Morgan fingerprint density at radius 3 is 2.48 bits per heavy atom. The topological polar surface area (TPSA) is 93.3 Å². The minimum Gasteiger partial charge on any atom is -0.352 e. The number of nitrogens with zero attached hydrogens (tertiary/aromatic N) is 4. The summed E-state index contributed by atoms with van der Waals surface area (Å²) in [5.41, 5.74) is 0.763. The van der Waals surface area contributed by atoms with E-state index >= 15 is 0 Å². The summed E-state index contributed by atoms with van der Waals surface area (Å²) in [7, 11) is 2.16. The third kappa shape index (κ3) is 2.95. The highest BCUT2D eigenvalue weighted by Gasteiger charge is 2.38. The van der Waals surface area contributed by atoms with E-state index in [4.69, 9.17) is 0 Å². The molecule has 3 heterocycles. The van der Waals surface area contributed by atoms with Crippen LogP contribution in [0.15, 0.2) is 0 Å². The number of aryl methyl sites for hydroxylation is 1. The van der Waals surface area contributed by atoms with Crippen molar-refractivity contribution in [3.63, 3.8) is 0 Å². The maximum atomic E-state index is 12.3. The molecule has 23 heavy (non-hydrogen) atoms. The summed E-state index contributed by atoms with van der Waals surface area (Å²) in [5, 5.41) is 18.2. The Hall–Kier alpha value is -1.96. The largest absolute Gasteiger partial charge is 0.352 e. The van der Waals surface area contributed by atoms with Crippen LogP contribution in [0.1, 0.15) is 37.1 Å². The highest BCUT2D eigenvalue weighted by atomic mass is 16.6. The molecule has 0 saturated carbocycles. The molecule has 3 rings (SSSR count). The van der Waals surface area contributed by atoms with Crippen molar-refractivity contribution in [2.75, 3.05) is 7.05 Å². The fourth-order valence-corrected chi connectivity index (χ4v) is 4.04. The van der Waals surface area contributed by atoms with Crippen LogP contribution >= 0.6 is 0 Å². The number of aromatic nitrogens is 2. The Balaban J connectivity index is 1.62. The van der Waals surface area contributed by atoms with Gasteiger partial charge in [-0.2, -0.15) is 5.10 Å². The molecule has 1 N–H and O–H groups in total. The van der Waals surface area contributed by atoms with Crippen molar-refractivity contribution in [2.24, 2.45) is 0 Å². The lowest BCUT2D eigenvalue weighted by atomic mass is 9.98. The van der Waals surface area contributed by atoms with Crippen LogP contribution in [0.5, 0.6) is 0 Å². The summed E-state index contributed by atoms with van der Waals surface area (Å²) in [6, 6.07) is 1.32. The number of nitrogens with one attached hydrogen (secondary N) is 1. The second-order valence-corrected chi connectivity index (χ2v) is 6.72. The summed E-state index contributed by atoms with van der Waals surface area (Å²) in [6.45, 7) is 3.25. The summed E-state index contributed by atoms with van der Waals surface area (Å²) >= 11 is 0. The number of hydrogen-bond acceptors (Lipinski definition) is 5. The lowest BCUT2D eigenvalue weighted by Crippen LogP contribution is -2.49. The lowest BCUT2D eigenvalue weighted by molar-refractivity contribution is -0.386. The Labute approximate surface area is 135 Å². The molecule has 2 atom stereocenters. The third-order valence-electron chi connectivity index (χ3n) is 5.28. The first kappa shape index (κ1) is 15.9. The average Bonchev–Trinajstić information content (AvgIpc) is 2.83. The van der Waals surface area contributed by atoms with Gasteiger partial charge in [0.25, 0.3) is 0 Å². The summed E-state index contributed by atoms with van der Waals surface area (Å²) in [5.74, 6) is -0.126. The fraction of sp³-hybridized carbons (Fsp3) is 0.733. The van der Waals surface area contributed by atoms with Gasteiger partial charge in [0.2, 0.25) is 5.91 Å². The number of fused-ring (bicyclic) bond motifs is 2. The molecular weight excluding hydrogens is 298 g/mol. The Morgan fingerprint density at radius 1 is 1.35 bits per heavy atom. The van der Waals surface area contributed by atoms with Gasteiger partial charge >= 0.3 is 5.69 Å². The lowest BCUT2D eigenvalue weighted by Gasteiger charge is -2.36. The van der Waals surface area contributed by atoms with Gasteiger partial charge in [0, 0.05) is 18.1 Å². The van der Waals surface area contributed by atoms with Crippen LogP contribution in [0, 0.1) is 24.0 Å². The van der Waals surface area contributed by atoms with Crippen molar-refractivity contribution in [1.82, 2.24) is 20.0 Å². The maximum absolute atomic E-state index is 12.3. The van der Waals surface area contributed by atoms with Crippen LogP contribution in [-0.2, 0) is 11.3 Å². The number of hydrogen-bond donors (Lipinski definition) is 1. The van der Waals surface area contributed by atoms with Gasteiger partial charge in [0.05, 0.1) is 4.92 Å². The highest BCUT2D eigenvalue weighted by Crippen LogP contribution is 2.34. The van der Waals surface area contributed by atoms with E-state index in [2.05, 4.69) is 22.4 Å². The Kier molecular flexibility index (Phi) is 4.09. The molecule has 0 spiro atoms. The molecule has 0 radical (unpaired) electrons. The van der Waals surface area contributed by atoms with Crippen LogP contribution in [0.3, 0.4) is 0 Å². The molecule has 2 unspecified atom stereocenters. The summed E-state index contributed by atoms with van der Waals surface area (Å²) in [4.78, 5) is 25.3. The Morgan fingerprint density at radius 2 is 1.96 bits per heavy atom. The van der Waals surface area contributed by atoms with Crippen LogP contribution in [-0.4, -0.2) is 50.7 Å². The van der Waals surface area contributed by atoms with Crippen LogP contribution < -0.4 is 5.32 Å². The van der Waals surface area contributed by atoms with Gasteiger partial charge in [-0.05, 0) is 46.6 Å². The first-order chi connectivity index (χ1) is 10.9. The van der Waals surface area contributed by atoms with Gasteiger partial charge in [0.15, 0.2) is 0 Å². The van der Waals surface area contributed by atoms with Crippen molar-refractivity contribution < 1.29 is 9.72 Å². The van der Waals surface area contributed by atoms with E-state index in [0.717, 1.165) is 12.8 Å². The highest BCUT2D eigenvalue weighted by molar-refractivity contribution is 5.76. The molecule has 2 bridgehead atoms. The van der Waals surface area contributed by atoms with Crippen LogP contribution in [0.2, 0.25) is 0 Å². The van der Waals surface area contributed by atoms with E-state index < -0.39 is 4.92 Å². The molecule has 0 aliphatic carbocycles. The Bertz CT molecular complexity index is 627. The van der Waals surface area contributed by atoms with E-state index in [0.29, 0.717) is 23.5 Å². The molecule has 1 aromatic rings. The average molecular weight is 321 g/mol. The van der Waals surface area contributed by atoms with E-state index in [-0.39, 0.29) is 24.2 Å². The molecule has 126 valence electrons. The number of amides is 1. The van der Waals surface area contributed by atoms with Crippen molar-refractivity contribution in [3.05, 3.63) is 21.5 Å². The van der Waals surface area contributed by atoms with Crippen molar-refractivity contribution >= 4 is 11.6 Å². The normalized spacial score (nSPS) is 27.2. The molecule has 2 saturated heterocycles. The van der Waals surface area contributed by atoms with Gasteiger partial charge in [-0.15, -0.1) is 0 Å². The van der Waals surface area contributed by atoms with E-state index in [9.17, 15) is 14.9 Å². The van der Waals surface area contributed by atoms with Crippen molar-refractivity contribution in [1.29, 1.82) is 0 Å². The zero-order valence-corrected chi connectivity index (χ0v) is 13.8. The van der Waals surface area contributed by atoms with Gasteiger partial charge in [-0.25, -0.2) is 0 Å². The monoisotopic (exact) mass is 321 g/mol. The minimum atomic E-state index is -0.444. The van der Waals surface area contributed by atoms with E-state index in [1.54, 1.807) is 13.8 Å². The van der Waals surface area contributed by atoms with E-state index in [1.165, 1.54) is 17.5 Å². The summed E-state index contributed by atoms with van der Waals surface area (Å²) in [6.07, 6.45) is 4.38. The number of carbonyl (C=O) groups is 1. The first-order valence-electron chi connectivity index (χ1n) is 8.06. The second-order valence-electron chi connectivity index (χ2n) is 6.72. The van der Waals surface area contributed by atoms with Crippen molar-refractivity contribution in [2.45, 2.75) is 64.2 Å². The molecule has 0 aromatic carbocycles. The summed E-state index contributed by atoms with van der Waals surface area (Å²) < 4.78 is 1.42. The number of carbonyl (C=O) groups excluding carboxylic acids is 1. The smallest absolute Gasteiger partial charge is 0.312 e. The van der Waals surface area contributed by atoms with E-state index in [1.807, 2.05) is 0 Å².